The second-order valence-corrected chi connectivity index (χ2v) is 10.1. The van der Waals surface area contributed by atoms with Crippen LogP contribution in [0.15, 0.2) is 11.1 Å². The summed E-state index contributed by atoms with van der Waals surface area (Å²) in [5, 5.41) is 0. The number of nitrogens with one attached hydrogen (secondary N) is 1. The summed E-state index contributed by atoms with van der Waals surface area (Å²) in [5.41, 5.74) is 5.07. The summed E-state index contributed by atoms with van der Waals surface area (Å²) >= 11 is 0. The minimum absolute atomic E-state index is 0.00481. The van der Waals surface area contributed by atoms with E-state index in [2.05, 4.69) is 28.1 Å². The lowest BCUT2D eigenvalue weighted by Crippen LogP contribution is -2.22. The predicted molar refractivity (Wildman–Crippen MR) is 86.6 cm³/mol. The van der Waals surface area contributed by atoms with E-state index >= 15 is 0 Å². The fraction of sp³-hybridized carbons (Fsp3) is 0.500. The smallest absolute Gasteiger partial charge is 0.280 e. The summed E-state index contributed by atoms with van der Waals surface area (Å²) < 4.78 is 50.8. The van der Waals surface area contributed by atoms with E-state index in [0.29, 0.717) is 6.42 Å². The van der Waals surface area contributed by atoms with Crippen LogP contribution < -0.4 is 30.9 Å². The average molecular weight is 487 g/mol. The van der Waals surface area contributed by atoms with Gasteiger partial charge in [0.05, 0.1) is 26.9 Å². The number of fused-ring (bicyclic) bond motifs is 1. The van der Waals surface area contributed by atoms with Crippen molar-refractivity contribution in [2.45, 2.75) is 25.2 Å². The maximum Gasteiger partial charge on any atom is 0.280 e. The Kier molecular flexibility index (Phi) is 6.35. The van der Waals surface area contributed by atoms with Crippen LogP contribution in [0.4, 0.5) is 5.95 Å². The Hall–Kier alpha value is -1.48. The van der Waals surface area contributed by atoms with Gasteiger partial charge in [0.15, 0.2) is 11.2 Å². The van der Waals surface area contributed by atoms with Gasteiger partial charge in [-0.1, -0.05) is 0 Å². The number of imidazole rings is 1. The summed E-state index contributed by atoms with van der Waals surface area (Å²) in [7, 11) is -17.7. The quantitative estimate of drug-likeness (QED) is 0.356. The molecule has 0 spiro atoms. The summed E-state index contributed by atoms with van der Waals surface area (Å²) in [6.07, 6.45) is 0.248. The average Bonchev–Trinajstić information content (AvgIpc) is 3.15. The third-order valence-corrected chi connectivity index (χ3v) is 7.33. The van der Waals surface area contributed by atoms with Gasteiger partial charge in [-0.05, 0) is 12.8 Å². The van der Waals surface area contributed by atoms with Crippen LogP contribution in [-0.4, -0.2) is 32.2 Å². The Balaban J connectivity index is 1.62. The monoisotopic (exact) mass is 487 g/mol. The lowest BCUT2D eigenvalue weighted by Gasteiger charge is -2.37. The van der Waals surface area contributed by atoms with Crippen molar-refractivity contribution in [3.05, 3.63) is 16.7 Å². The van der Waals surface area contributed by atoms with Crippen LogP contribution in [-0.2, 0) is 31.6 Å². The molecule has 1 aliphatic rings. The summed E-state index contributed by atoms with van der Waals surface area (Å²) in [4.78, 5) is 65.2. The highest BCUT2D eigenvalue weighted by Crippen LogP contribution is 2.60. The van der Waals surface area contributed by atoms with E-state index in [1.54, 1.807) is 0 Å². The molecule has 2 aromatic heterocycles. The maximum atomic E-state index is 11.8. The molecule has 4 atom stereocenters. The van der Waals surface area contributed by atoms with Crippen molar-refractivity contribution in [2.24, 2.45) is 0 Å². The molecule has 0 radical (unpaired) electrons. The highest BCUT2D eigenvalue weighted by molar-refractivity contribution is 7.64. The maximum absolute atomic E-state index is 11.8. The van der Waals surface area contributed by atoms with Crippen molar-refractivity contribution in [3.63, 3.8) is 0 Å². The summed E-state index contributed by atoms with van der Waals surface area (Å²) in [6, 6.07) is 0. The molecule has 0 aromatic carbocycles. The van der Waals surface area contributed by atoms with Gasteiger partial charge >= 0.3 is 0 Å². The number of rotatable bonds is 8. The first-order chi connectivity index (χ1) is 13.7. The molecule has 3 heterocycles. The van der Waals surface area contributed by atoms with Gasteiger partial charge in [0.25, 0.3) is 21.2 Å². The van der Waals surface area contributed by atoms with Gasteiger partial charge in [-0.15, -0.1) is 0 Å². The number of nitrogen functional groups attached to an aromatic ring is 1. The van der Waals surface area contributed by atoms with E-state index in [1.807, 2.05) is 0 Å². The van der Waals surface area contributed by atoms with Crippen LogP contribution in [0, 0.1) is 0 Å². The Labute approximate surface area is 166 Å². The number of nitrogens with two attached hydrogens (primary N) is 1. The zero-order valence-corrected chi connectivity index (χ0v) is 17.2. The highest BCUT2D eigenvalue weighted by Gasteiger charge is 2.30. The lowest BCUT2D eigenvalue weighted by molar-refractivity contribution is -0.339. The molecular weight excluding hydrogens is 475 g/mol. The summed E-state index contributed by atoms with van der Waals surface area (Å²) in [6.45, 7) is -0.702. The minimum atomic E-state index is -6.07. The minimum Gasteiger partial charge on any atom is -0.790 e. The first kappa shape index (κ1) is 23.2. The van der Waals surface area contributed by atoms with E-state index in [9.17, 15) is 38.1 Å². The van der Waals surface area contributed by atoms with E-state index in [-0.39, 0.29) is 23.5 Å². The van der Waals surface area contributed by atoms with Crippen molar-refractivity contribution in [2.75, 3.05) is 12.3 Å². The van der Waals surface area contributed by atoms with Crippen molar-refractivity contribution in [1.82, 2.24) is 19.5 Å². The number of hydrogen-bond donors (Lipinski definition) is 2. The number of nitrogens with zero attached hydrogens (tertiary/aromatic N) is 3. The first-order valence-electron chi connectivity index (χ1n) is 7.84. The van der Waals surface area contributed by atoms with Gasteiger partial charge in [0.2, 0.25) is 5.95 Å². The van der Waals surface area contributed by atoms with Crippen molar-refractivity contribution in [3.8, 4) is 0 Å². The SMILES string of the molecule is Nc1nc2c(ncn2[C@H]2CCC(COP(=O)([O-])OP(=O)([O-])OP(=O)([O-])[O-])O2)c(=O)[nH]1. The van der Waals surface area contributed by atoms with E-state index in [4.69, 9.17) is 10.5 Å². The first-order valence-corrected chi connectivity index (χ1v) is 12.2. The van der Waals surface area contributed by atoms with Crippen LogP contribution >= 0.6 is 23.5 Å². The molecule has 1 fully saturated rings. The molecule has 3 rings (SSSR count). The molecule has 17 nitrogen and oxygen atoms in total. The largest absolute Gasteiger partial charge is 0.790 e. The second kappa shape index (κ2) is 8.22. The van der Waals surface area contributed by atoms with Crippen molar-refractivity contribution >= 4 is 40.6 Å². The molecular formula is C10H12N5O12P3-4. The second-order valence-electron chi connectivity index (χ2n) is 5.87. The predicted octanol–water partition coefficient (Wildman–Crippen LogP) is -2.81. The number of phosphoric acid groups is 3. The molecule has 0 amide bonds. The highest BCUT2D eigenvalue weighted by atomic mass is 31.3. The zero-order valence-electron chi connectivity index (χ0n) is 14.5. The van der Waals surface area contributed by atoms with Crippen molar-refractivity contribution in [1.29, 1.82) is 0 Å². The zero-order chi connectivity index (χ0) is 22.3. The molecule has 1 saturated heterocycles. The lowest BCUT2D eigenvalue weighted by atomic mass is 10.2. The van der Waals surface area contributed by atoms with Gasteiger partial charge in [0.1, 0.15) is 6.23 Å². The van der Waals surface area contributed by atoms with E-state index in [1.165, 1.54) is 10.9 Å². The number of aromatic amines is 1. The number of anilines is 1. The van der Waals surface area contributed by atoms with Crippen LogP contribution in [0.2, 0.25) is 0 Å². The van der Waals surface area contributed by atoms with Gasteiger partial charge in [-0.25, -0.2) is 9.29 Å². The molecule has 2 aromatic rings. The Morgan fingerprint density at radius 1 is 1.20 bits per heavy atom. The third kappa shape index (κ3) is 5.81. The molecule has 20 heteroatoms. The van der Waals surface area contributed by atoms with Crippen LogP contribution in [0.5, 0.6) is 0 Å². The van der Waals surface area contributed by atoms with Crippen LogP contribution in [0.25, 0.3) is 11.2 Å². The molecule has 1 aliphatic heterocycles. The van der Waals surface area contributed by atoms with Gasteiger partial charge in [-0.3, -0.25) is 27.8 Å². The third-order valence-electron chi connectivity index (χ3n) is 3.66. The van der Waals surface area contributed by atoms with Gasteiger partial charge in [0, 0.05) is 0 Å². The van der Waals surface area contributed by atoms with Crippen molar-refractivity contribution < 1.29 is 51.2 Å². The van der Waals surface area contributed by atoms with Gasteiger partial charge in [-0.2, -0.15) is 4.98 Å². The number of hydrogen-bond acceptors (Lipinski definition) is 15. The van der Waals surface area contributed by atoms with E-state index < -0.39 is 48.0 Å². The van der Waals surface area contributed by atoms with E-state index in [0.717, 1.165) is 0 Å². The van der Waals surface area contributed by atoms with Crippen LogP contribution in [0.1, 0.15) is 19.1 Å². The molecule has 0 bridgehead atoms. The standard InChI is InChI=1S/C10H16N5O12P3/c11-10-13-8-7(9(16)14-10)12-4-15(8)6-2-1-5(25-6)3-24-29(20,21)27-30(22,23)26-28(17,18)19/h4-6H,1-3H2,(H,20,21)(H,22,23)(H2,17,18,19)(H3,11,13,14,16)/p-4/t5?,6-/m1/s1. The Bertz CT molecular complexity index is 1140. The Morgan fingerprint density at radius 2 is 1.90 bits per heavy atom. The molecule has 3 unspecified atom stereocenters. The van der Waals surface area contributed by atoms with Crippen LogP contribution in [0.3, 0.4) is 0 Å². The number of phosphoric ester groups is 1. The van der Waals surface area contributed by atoms with Gasteiger partial charge < -0.3 is 39.1 Å². The molecule has 0 saturated carbocycles. The molecule has 0 aliphatic carbocycles. The topological polar surface area (TPSA) is 270 Å². The number of H-pyrrole nitrogens is 1. The normalized spacial score (nSPS) is 24.0. The number of ether oxygens (including phenoxy) is 1. The number of aromatic nitrogens is 4. The Morgan fingerprint density at radius 3 is 2.57 bits per heavy atom. The molecule has 168 valence electrons. The fourth-order valence-electron chi connectivity index (χ4n) is 2.63. The fourth-order valence-corrected chi connectivity index (χ4v) is 5.51. The summed E-state index contributed by atoms with van der Waals surface area (Å²) in [5.74, 6) is -0.151. The molecule has 3 N–H and O–H groups in total. The molecule has 30 heavy (non-hydrogen) atoms.